The van der Waals surface area contributed by atoms with Gasteiger partial charge in [0.05, 0.1) is 0 Å². The molecule has 1 aliphatic carbocycles. The largest absolute Gasteiger partial charge is 0.329 e. The van der Waals surface area contributed by atoms with Crippen LogP contribution in [0.1, 0.15) is 52.4 Å². The predicted octanol–water partition coefficient (Wildman–Crippen LogP) is 2.31. The molecule has 1 aliphatic heterocycles. The average molecular weight is 267 g/mol. The minimum absolute atomic E-state index is 0.654. The Hall–Kier alpha value is -0.120. The highest BCUT2D eigenvalue weighted by molar-refractivity contribution is 4.90. The lowest BCUT2D eigenvalue weighted by molar-refractivity contribution is 0.132. The second kappa shape index (κ2) is 7.61. The van der Waals surface area contributed by atoms with Gasteiger partial charge < -0.3 is 5.73 Å². The summed E-state index contributed by atoms with van der Waals surface area (Å²) in [6.07, 6.45) is 8.45. The van der Waals surface area contributed by atoms with Crippen molar-refractivity contribution in [1.29, 1.82) is 0 Å². The molecule has 2 aliphatic rings. The Morgan fingerprint density at radius 2 is 1.79 bits per heavy atom. The fourth-order valence-electron chi connectivity index (χ4n) is 4.27. The van der Waals surface area contributed by atoms with Crippen LogP contribution >= 0.6 is 0 Å². The van der Waals surface area contributed by atoms with Gasteiger partial charge in [-0.1, -0.05) is 33.1 Å². The minimum atomic E-state index is 0.654. The van der Waals surface area contributed by atoms with E-state index >= 15 is 0 Å². The summed E-state index contributed by atoms with van der Waals surface area (Å²) < 4.78 is 0. The van der Waals surface area contributed by atoms with Gasteiger partial charge in [0.25, 0.3) is 0 Å². The maximum Gasteiger partial charge on any atom is 0.0247 e. The number of rotatable bonds is 6. The molecule has 0 radical (unpaired) electrons. The van der Waals surface area contributed by atoms with Gasteiger partial charge >= 0.3 is 0 Å². The Bertz CT molecular complexity index is 246. The fraction of sp³-hybridized carbons (Fsp3) is 1.00. The van der Waals surface area contributed by atoms with Gasteiger partial charge in [0.1, 0.15) is 0 Å². The van der Waals surface area contributed by atoms with E-state index in [4.69, 9.17) is 5.73 Å². The van der Waals surface area contributed by atoms with E-state index in [9.17, 15) is 0 Å². The van der Waals surface area contributed by atoms with Crippen molar-refractivity contribution in [1.82, 2.24) is 9.80 Å². The van der Waals surface area contributed by atoms with Gasteiger partial charge in [0.2, 0.25) is 0 Å². The number of hydrogen-bond acceptors (Lipinski definition) is 3. The molecule has 0 amide bonds. The maximum atomic E-state index is 6.11. The number of hydrogen-bond donors (Lipinski definition) is 1. The normalized spacial score (nSPS) is 28.1. The van der Waals surface area contributed by atoms with Crippen LogP contribution in [0, 0.1) is 5.92 Å². The zero-order valence-electron chi connectivity index (χ0n) is 13.0. The van der Waals surface area contributed by atoms with E-state index in [1.54, 1.807) is 0 Å². The SMILES string of the molecule is CCN(CC)C1CCN(C(CN)C2CCCCC2)C1. The van der Waals surface area contributed by atoms with Gasteiger partial charge in [0, 0.05) is 31.7 Å². The van der Waals surface area contributed by atoms with Crippen molar-refractivity contribution in [3.63, 3.8) is 0 Å². The summed E-state index contributed by atoms with van der Waals surface area (Å²) in [5.74, 6) is 0.870. The van der Waals surface area contributed by atoms with Crippen LogP contribution in [0.15, 0.2) is 0 Å². The highest BCUT2D eigenvalue weighted by atomic mass is 15.3. The van der Waals surface area contributed by atoms with Crippen LogP contribution < -0.4 is 5.73 Å². The minimum Gasteiger partial charge on any atom is -0.329 e. The molecular formula is C16H33N3. The van der Waals surface area contributed by atoms with Crippen molar-refractivity contribution in [3.05, 3.63) is 0 Å². The molecule has 112 valence electrons. The predicted molar refractivity (Wildman–Crippen MR) is 82.3 cm³/mol. The molecular weight excluding hydrogens is 234 g/mol. The molecule has 2 unspecified atom stereocenters. The first-order chi connectivity index (χ1) is 9.30. The molecule has 0 aromatic carbocycles. The van der Waals surface area contributed by atoms with E-state index in [1.165, 1.54) is 64.7 Å². The molecule has 1 heterocycles. The molecule has 0 bridgehead atoms. The number of likely N-dealkylation sites (N-methyl/N-ethyl adjacent to an activating group) is 1. The third kappa shape index (κ3) is 3.71. The quantitative estimate of drug-likeness (QED) is 0.801. The van der Waals surface area contributed by atoms with E-state index in [0.717, 1.165) is 18.5 Å². The third-order valence-electron chi connectivity index (χ3n) is 5.43. The van der Waals surface area contributed by atoms with E-state index in [0.29, 0.717) is 6.04 Å². The topological polar surface area (TPSA) is 32.5 Å². The lowest BCUT2D eigenvalue weighted by Crippen LogP contribution is -2.47. The smallest absolute Gasteiger partial charge is 0.0247 e. The van der Waals surface area contributed by atoms with Crippen molar-refractivity contribution in [3.8, 4) is 0 Å². The second-order valence-electron chi connectivity index (χ2n) is 6.36. The molecule has 0 spiro atoms. The van der Waals surface area contributed by atoms with Crippen LogP contribution in [-0.2, 0) is 0 Å². The zero-order valence-corrected chi connectivity index (χ0v) is 13.0. The van der Waals surface area contributed by atoms with Crippen molar-refractivity contribution >= 4 is 0 Å². The van der Waals surface area contributed by atoms with Gasteiger partial charge in [-0.3, -0.25) is 9.80 Å². The molecule has 19 heavy (non-hydrogen) atoms. The molecule has 2 rings (SSSR count). The summed E-state index contributed by atoms with van der Waals surface area (Å²) in [5, 5.41) is 0. The summed E-state index contributed by atoms with van der Waals surface area (Å²) in [4.78, 5) is 5.33. The van der Waals surface area contributed by atoms with Crippen molar-refractivity contribution < 1.29 is 0 Å². The highest BCUT2D eigenvalue weighted by Crippen LogP contribution is 2.30. The monoisotopic (exact) mass is 267 g/mol. The van der Waals surface area contributed by atoms with Crippen molar-refractivity contribution in [2.24, 2.45) is 11.7 Å². The maximum absolute atomic E-state index is 6.11. The summed E-state index contributed by atoms with van der Waals surface area (Å²) >= 11 is 0. The molecule has 2 atom stereocenters. The number of nitrogens with two attached hydrogens (primary N) is 1. The zero-order chi connectivity index (χ0) is 13.7. The average Bonchev–Trinajstić information content (AvgIpc) is 2.92. The van der Waals surface area contributed by atoms with Crippen LogP contribution in [0.3, 0.4) is 0 Å². The van der Waals surface area contributed by atoms with Gasteiger partial charge in [-0.25, -0.2) is 0 Å². The Balaban J connectivity index is 1.89. The molecule has 2 fully saturated rings. The molecule has 0 aromatic heterocycles. The second-order valence-corrected chi connectivity index (χ2v) is 6.36. The Kier molecular flexibility index (Phi) is 6.11. The van der Waals surface area contributed by atoms with Crippen molar-refractivity contribution in [2.75, 3.05) is 32.7 Å². The summed E-state index contributed by atoms with van der Waals surface area (Å²) in [7, 11) is 0. The molecule has 3 nitrogen and oxygen atoms in total. The Morgan fingerprint density at radius 1 is 1.11 bits per heavy atom. The third-order valence-corrected chi connectivity index (χ3v) is 5.43. The van der Waals surface area contributed by atoms with Crippen LogP contribution in [0.5, 0.6) is 0 Å². The van der Waals surface area contributed by atoms with Gasteiger partial charge in [-0.15, -0.1) is 0 Å². The Labute approximate surface area is 119 Å². The standard InChI is InChI=1S/C16H33N3/c1-3-18(4-2)15-10-11-19(13-15)16(12-17)14-8-6-5-7-9-14/h14-16H,3-13,17H2,1-2H3. The van der Waals surface area contributed by atoms with Crippen LogP contribution in [0.25, 0.3) is 0 Å². The van der Waals surface area contributed by atoms with E-state index in [-0.39, 0.29) is 0 Å². The Morgan fingerprint density at radius 3 is 2.37 bits per heavy atom. The molecule has 2 N–H and O–H groups in total. The number of likely N-dealkylation sites (tertiary alicyclic amines) is 1. The molecule has 0 aromatic rings. The van der Waals surface area contributed by atoms with Crippen LogP contribution in [0.4, 0.5) is 0 Å². The lowest BCUT2D eigenvalue weighted by Gasteiger charge is -2.36. The van der Waals surface area contributed by atoms with E-state index in [1.807, 2.05) is 0 Å². The van der Waals surface area contributed by atoms with Crippen LogP contribution in [0.2, 0.25) is 0 Å². The molecule has 1 saturated heterocycles. The van der Waals surface area contributed by atoms with Crippen LogP contribution in [-0.4, -0.2) is 54.6 Å². The number of nitrogens with zero attached hydrogens (tertiary/aromatic N) is 2. The summed E-state index contributed by atoms with van der Waals surface area (Å²) in [5.41, 5.74) is 6.11. The lowest BCUT2D eigenvalue weighted by atomic mass is 9.83. The van der Waals surface area contributed by atoms with Crippen molar-refractivity contribution in [2.45, 2.75) is 64.5 Å². The summed E-state index contributed by atoms with van der Waals surface area (Å²) in [6, 6.07) is 1.42. The first kappa shape index (κ1) is 15.3. The van der Waals surface area contributed by atoms with Gasteiger partial charge in [0.15, 0.2) is 0 Å². The van der Waals surface area contributed by atoms with Gasteiger partial charge in [-0.05, 0) is 38.3 Å². The fourth-order valence-corrected chi connectivity index (χ4v) is 4.27. The van der Waals surface area contributed by atoms with E-state index < -0.39 is 0 Å². The molecule has 1 saturated carbocycles. The molecule has 3 heteroatoms. The van der Waals surface area contributed by atoms with Gasteiger partial charge in [-0.2, -0.15) is 0 Å². The first-order valence-corrected chi connectivity index (χ1v) is 8.48. The first-order valence-electron chi connectivity index (χ1n) is 8.48. The van der Waals surface area contributed by atoms with E-state index in [2.05, 4.69) is 23.6 Å². The summed E-state index contributed by atoms with van der Waals surface area (Å²) in [6.45, 7) is 10.3. The highest BCUT2D eigenvalue weighted by Gasteiger charge is 2.34.